The Hall–Kier alpha value is -1.60. The molecule has 1 aromatic carbocycles. The number of carbonyl (C=O) groups is 1. The summed E-state index contributed by atoms with van der Waals surface area (Å²) in [7, 11) is 0. The van der Waals surface area contributed by atoms with Gasteiger partial charge in [0.05, 0.1) is 11.0 Å². The second kappa shape index (κ2) is 6.91. The molecule has 6 nitrogen and oxygen atoms in total. The van der Waals surface area contributed by atoms with Crippen LogP contribution < -0.4 is 5.32 Å². The molecule has 1 aliphatic rings. The topological polar surface area (TPSA) is 75.5 Å². The third kappa shape index (κ3) is 3.36. The highest BCUT2D eigenvalue weighted by Crippen LogP contribution is 2.28. The van der Waals surface area contributed by atoms with Crippen LogP contribution in [-0.4, -0.2) is 40.3 Å². The van der Waals surface area contributed by atoms with Gasteiger partial charge in [0.1, 0.15) is 6.17 Å². The molecule has 7 heteroatoms. The maximum atomic E-state index is 12.4. The van der Waals surface area contributed by atoms with Gasteiger partial charge in [0.2, 0.25) is 5.91 Å². The molecule has 2 rings (SSSR count). The second-order valence-corrected chi connectivity index (χ2v) is 5.89. The molecule has 0 aliphatic carbocycles. The van der Waals surface area contributed by atoms with Crippen LogP contribution in [0, 0.1) is 10.1 Å². The summed E-state index contributed by atoms with van der Waals surface area (Å²) in [6, 6.07) is 6.27. The average Bonchev–Trinajstić information content (AvgIpc) is 2.81. The summed E-state index contributed by atoms with van der Waals surface area (Å²) in [5, 5.41) is 14.2. The fourth-order valence-electron chi connectivity index (χ4n) is 2.49. The van der Waals surface area contributed by atoms with E-state index in [0.29, 0.717) is 13.0 Å². The third-order valence-corrected chi connectivity index (χ3v) is 4.18. The summed E-state index contributed by atoms with van der Waals surface area (Å²) in [4.78, 5) is 24.6. The van der Waals surface area contributed by atoms with Crippen molar-refractivity contribution in [2.24, 2.45) is 0 Å². The van der Waals surface area contributed by atoms with Gasteiger partial charge in [-0.2, -0.15) is 11.8 Å². The smallest absolute Gasteiger partial charge is 0.269 e. The van der Waals surface area contributed by atoms with Crippen molar-refractivity contribution in [3.63, 3.8) is 0 Å². The zero-order valence-electron chi connectivity index (χ0n) is 12.1. The van der Waals surface area contributed by atoms with Gasteiger partial charge in [0.25, 0.3) is 5.69 Å². The van der Waals surface area contributed by atoms with Gasteiger partial charge in [-0.3, -0.25) is 20.2 Å². The van der Waals surface area contributed by atoms with Crippen LogP contribution in [0.25, 0.3) is 0 Å². The molecule has 0 bridgehead atoms. The number of rotatable bonds is 6. The lowest BCUT2D eigenvalue weighted by Crippen LogP contribution is -2.32. The molecular weight excluding hydrogens is 290 g/mol. The summed E-state index contributed by atoms with van der Waals surface area (Å²) in [6.07, 6.45) is 2.42. The van der Waals surface area contributed by atoms with E-state index < -0.39 is 4.92 Å². The molecule has 0 aromatic heterocycles. The Bertz CT molecular complexity index is 538. The molecule has 2 atom stereocenters. The number of nitro benzene ring substituents is 1. The number of nitrogens with zero attached hydrogens (tertiary/aromatic N) is 2. The first-order valence-corrected chi connectivity index (χ1v) is 8.27. The monoisotopic (exact) mass is 309 g/mol. The van der Waals surface area contributed by atoms with Gasteiger partial charge in [-0.25, -0.2) is 0 Å². The van der Waals surface area contributed by atoms with Gasteiger partial charge in [0.15, 0.2) is 0 Å². The molecule has 0 radical (unpaired) electrons. The number of thioether (sulfide) groups is 1. The van der Waals surface area contributed by atoms with E-state index in [2.05, 4.69) is 5.32 Å². The minimum Gasteiger partial charge on any atom is -0.321 e. The minimum atomic E-state index is -0.413. The summed E-state index contributed by atoms with van der Waals surface area (Å²) in [6.45, 7) is 2.59. The normalized spacial score (nSPS) is 21.8. The number of non-ortho nitro benzene ring substituents is 1. The zero-order chi connectivity index (χ0) is 15.4. The highest BCUT2D eigenvalue weighted by molar-refractivity contribution is 7.98. The summed E-state index contributed by atoms with van der Waals surface area (Å²) >= 11 is 1.67. The zero-order valence-corrected chi connectivity index (χ0v) is 12.9. The number of benzene rings is 1. The van der Waals surface area contributed by atoms with Crippen LogP contribution in [0.5, 0.6) is 0 Å². The molecule has 1 heterocycles. The Labute approximate surface area is 128 Å². The van der Waals surface area contributed by atoms with Crippen molar-refractivity contribution in [1.29, 1.82) is 0 Å². The van der Waals surface area contributed by atoms with Crippen LogP contribution >= 0.6 is 11.8 Å². The number of hydrogen-bond acceptors (Lipinski definition) is 5. The van der Waals surface area contributed by atoms with Crippen molar-refractivity contribution in [2.45, 2.75) is 25.6 Å². The van der Waals surface area contributed by atoms with Gasteiger partial charge in [0, 0.05) is 24.4 Å². The first-order chi connectivity index (χ1) is 10.1. The molecule has 114 valence electrons. The van der Waals surface area contributed by atoms with E-state index in [1.807, 2.05) is 19.2 Å². The number of nitro groups is 1. The quantitative estimate of drug-likeness (QED) is 0.644. The van der Waals surface area contributed by atoms with E-state index in [-0.39, 0.29) is 23.8 Å². The van der Waals surface area contributed by atoms with Crippen LogP contribution in [-0.2, 0) is 4.79 Å². The Morgan fingerprint density at radius 1 is 1.48 bits per heavy atom. The largest absolute Gasteiger partial charge is 0.321 e. The fraction of sp³-hybridized carbons (Fsp3) is 0.500. The lowest BCUT2D eigenvalue weighted by Gasteiger charge is -2.24. The molecule has 21 heavy (non-hydrogen) atoms. The predicted molar refractivity (Wildman–Crippen MR) is 83.1 cm³/mol. The molecule has 1 saturated heterocycles. The molecule has 1 fully saturated rings. The van der Waals surface area contributed by atoms with Crippen molar-refractivity contribution in [1.82, 2.24) is 10.2 Å². The summed E-state index contributed by atoms with van der Waals surface area (Å²) in [5.41, 5.74) is 0.807. The number of nitrogens with one attached hydrogen (secondary N) is 1. The van der Waals surface area contributed by atoms with Gasteiger partial charge in [-0.15, -0.1) is 0 Å². The van der Waals surface area contributed by atoms with Gasteiger partial charge in [-0.1, -0.05) is 19.1 Å². The Morgan fingerprint density at radius 2 is 2.24 bits per heavy atom. The van der Waals surface area contributed by atoms with Gasteiger partial charge in [-0.05, 0) is 18.2 Å². The van der Waals surface area contributed by atoms with Crippen molar-refractivity contribution >= 4 is 23.4 Å². The van der Waals surface area contributed by atoms with E-state index in [1.54, 1.807) is 22.7 Å². The number of carbonyl (C=O) groups excluding carboxylic acids is 1. The summed E-state index contributed by atoms with van der Waals surface area (Å²) in [5.74, 6) is 0.915. The maximum absolute atomic E-state index is 12.4. The average molecular weight is 309 g/mol. The third-order valence-electron chi connectivity index (χ3n) is 3.59. The molecular formula is C14H19N3O3S. The first-order valence-electron chi connectivity index (χ1n) is 6.88. The highest BCUT2D eigenvalue weighted by Gasteiger charge is 2.38. The van der Waals surface area contributed by atoms with Crippen LogP contribution in [0.1, 0.15) is 25.1 Å². The molecule has 0 spiro atoms. The van der Waals surface area contributed by atoms with E-state index in [0.717, 1.165) is 11.3 Å². The van der Waals surface area contributed by atoms with E-state index >= 15 is 0 Å². The van der Waals surface area contributed by atoms with Gasteiger partial charge < -0.3 is 4.90 Å². The molecule has 1 aromatic rings. The molecule has 1 aliphatic heterocycles. The van der Waals surface area contributed by atoms with Crippen molar-refractivity contribution in [2.75, 3.05) is 18.6 Å². The van der Waals surface area contributed by atoms with E-state index in [9.17, 15) is 14.9 Å². The highest BCUT2D eigenvalue weighted by atomic mass is 32.2. The number of hydrogen-bond donors (Lipinski definition) is 1. The Kier molecular flexibility index (Phi) is 5.19. The van der Waals surface area contributed by atoms with Crippen molar-refractivity contribution < 1.29 is 9.72 Å². The SMILES string of the molecule is CCC1NC(c2cccc([N+](=O)[O-])c2)N(CCSC)C1=O. The van der Waals surface area contributed by atoms with Gasteiger partial charge >= 0.3 is 0 Å². The van der Waals surface area contributed by atoms with Crippen LogP contribution in [0.2, 0.25) is 0 Å². The van der Waals surface area contributed by atoms with Crippen LogP contribution in [0.3, 0.4) is 0 Å². The van der Waals surface area contributed by atoms with E-state index in [1.165, 1.54) is 12.1 Å². The minimum absolute atomic E-state index is 0.0477. The first kappa shape index (κ1) is 15.8. The predicted octanol–water partition coefficient (Wildman–Crippen LogP) is 2.17. The van der Waals surface area contributed by atoms with Crippen LogP contribution in [0.4, 0.5) is 5.69 Å². The van der Waals surface area contributed by atoms with E-state index in [4.69, 9.17) is 0 Å². The molecule has 0 saturated carbocycles. The summed E-state index contributed by atoms with van der Waals surface area (Å²) < 4.78 is 0. The number of amides is 1. The molecule has 2 unspecified atom stereocenters. The lowest BCUT2D eigenvalue weighted by atomic mass is 10.1. The van der Waals surface area contributed by atoms with Crippen molar-refractivity contribution in [3.05, 3.63) is 39.9 Å². The molecule has 1 amide bonds. The Balaban J connectivity index is 2.28. The standard InChI is InChI=1S/C14H19N3O3S/c1-3-12-14(18)16(7-8-21-2)13(15-12)10-5-4-6-11(9-10)17(19)20/h4-6,9,12-13,15H,3,7-8H2,1-2H3. The second-order valence-electron chi connectivity index (χ2n) is 4.91. The fourth-order valence-corrected chi connectivity index (χ4v) is 2.86. The lowest BCUT2D eigenvalue weighted by molar-refractivity contribution is -0.385. The maximum Gasteiger partial charge on any atom is 0.269 e. The Morgan fingerprint density at radius 3 is 2.86 bits per heavy atom. The molecule has 1 N–H and O–H groups in total. The van der Waals surface area contributed by atoms with Crippen LogP contribution in [0.15, 0.2) is 24.3 Å². The van der Waals surface area contributed by atoms with Crippen molar-refractivity contribution in [3.8, 4) is 0 Å².